The molecule has 0 aliphatic carbocycles. The molecule has 12 nitrogen and oxygen atoms in total. The normalized spacial score (nSPS) is 22.8. The van der Waals surface area contributed by atoms with Crippen LogP contribution in [0.4, 0.5) is 5.69 Å². The summed E-state index contributed by atoms with van der Waals surface area (Å²) in [5.74, 6) is 0.242. The first-order valence-corrected chi connectivity index (χ1v) is 10.6. The van der Waals surface area contributed by atoms with E-state index in [1.807, 2.05) is 0 Å². The lowest BCUT2D eigenvalue weighted by molar-refractivity contribution is -0.384. The number of aliphatic hydroxyl groups excluding tert-OH is 2. The summed E-state index contributed by atoms with van der Waals surface area (Å²) in [4.78, 5) is 34.4. The number of nitro benzene ring substituents is 1. The van der Waals surface area contributed by atoms with Crippen molar-refractivity contribution >= 4 is 34.5 Å². The standard InChI is InChI=1S/C19H20N6O6S/c1-10(26)20-6-13-15(27)16(28)19(31-13)24-9-23-14-17(24)21-8-22-18(14)32-7-11-2-4-12(5-3-11)25(29)30/h2-5,8-9,13,15-16,19,27-28H,6-7H2,1H3,(H,20,26)/t13-,15-,16-,19-/m1/s1. The second-order valence-corrected chi connectivity index (χ2v) is 8.16. The van der Waals surface area contributed by atoms with Gasteiger partial charge in [-0.2, -0.15) is 0 Å². The summed E-state index contributed by atoms with van der Waals surface area (Å²) in [6.07, 6.45) is -1.33. The molecular formula is C19H20N6O6S. The Balaban J connectivity index is 1.51. The average Bonchev–Trinajstić information content (AvgIpc) is 3.32. The number of nitro groups is 1. The molecule has 2 aromatic heterocycles. The number of amides is 1. The number of carbonyl (C=O) groups is 1. The number of carbonyl (C=O) groups excluding carboxylic acids is 1. The minimum Gasteiger partial charge on any atom is -0.387 e. The SMILES string of the molecule is CC(=O)NC[C@H]1O[C@@H](n2cnc3c(SCc4ccc([N+](=O)[O-])cc4)ncnc32)[C@H](O)[C@@H]1O. The molecule has 1 aliphatic heterocycles. The predicted molar refractivity (Wildman–Crippen MR) is 113 cm³/mol. The van der Waals surface area contributed by atoms with Gasteiger partial charge in [-0.1, -0.05) is 23.9 Å². The van der Waals surface area contributed by atoms with E-state index < -0.39 is 29.5 Å². The number of nitrogens with zero attached hydrogens (tertiary/aromatic N) is 5. The van der Waals surface area contributed by atoms with Gasteiger partial charge in [-0.05, 0) is 5.56 Å². The number of imidazole rings is 1. The smallest absolute Gasteiger partial charge is 0.269 e. The number of fused-ring (bicyclic) bond motifs is 1. The van der Waals surface area contributed by atoms with Gasteiger partial charge in [-0.3, -0.25) is 19.5 Å². The van der Waals surface area contributed by atoms with Crippen LogP contribution in [0.1, 0.15) is 18.7 Å². The number of benzene rings is 1. The van der Waals surface area contributed by atoms with Gasteiger partial charge in [0.2, 0.25) is 5.91 Å². The number of ether oxygens (including phenoxy) is 1. The van der Waals surface area contributed by atoms with Gasteiger partial charge in [-0.15, -0.1) is 0 Å². The molecule has 1 aliphatic rings. The fraction of sp³-hybridized carbons (Fsp3) is 0.368. The van der Waals surface area contributed by atoms with E-state index in [0.717, 1.165) is 5.56 Å². The topological polar surface area (TPSA) is 166 Å². The summed E-state index contributed by atoms with van der Waals surface area (Å²) >= 11 is 1.39. The van der Waals surface area contributed by atoms with Crippen molar-refractivity contribution in [2.45, 2.75) is 42.2 Å². The van der Waals surface area contributed by atoms with E-state index in [2.05, 4.69) is 20.3 Å². The summed E-state index contributed by atoms with van der Waals surface area (Å²) in [5, 5.41) is 34.7. The number of thioether (sulfide) groups is 1. The molecule has 0 saturated carbocycles. The van der Waals surface area contributed by atoms with E-state index >= 15 is 0 Å². The fourth-order valence-electron chi connectivity index (χ4n) is 3.36. The van der Waals surface area contributed by atoms with Crippen LogP contribution < -0.4 is 5.32 Å². The maximum Gasteiger partial charge on any atom is 0.269 e. The molecule has 1 aromatic carbocycles. The number of non-ortho nitro benzene ring substituents is 1. The third kappa shape index (κ3) is 4.41. The molecule has 0 radical (unpaired) electrons. The van der Waals surface area contributed by atoms with Crippen LogP contribution in [-0.4, -0.2) is 65.4 Å². The predicted octanol–water partition coefficient (Wildman–Crippen LogP) is 0.782. The van der Waals surface area contributed by atoms with Crippen LogP contribution in [0.25, 0.3) is 11.2 Å². The number of nitrogens with one attached hydrogen (secondary N) is 1. The number of aromatic nitrogens is 4. The average molecular weight is 460 g/mol. The highest BCUT2D eigenvalue weighted by Crippen LogP contribution is 2.33. The van der Waals surface area contributed by atoms with E-state index in [9.17, 15) is 25.1 Å². The van der Waals surface area contributed by atoms with Crippen LogP contribution in [0.2, 0.25) is 0 Å². The lowest BCUT2D eigenvalue weighted by atomic mass is 10.1. The summed E-state index contributed by atoms with van der Waals surface area (Å²) < 4.78 is 7.30. The van der Waals surface area contributed by atoms with E-state index in [1.165, 1.54) is 48.0 Å². The van der Waals surface area contributed by atoms with Crippen LogP contribution >= 0.6 is 11.8 Å². The molecule has 1 amide bonds. The first-order chi connectivity index (χ1) is 15.3. The monoisotopic (exact) mass is 460 g/mol. The van der Waals surface area contributed by atoms with Crippen LogP contribution in [-0.2, 0) is 15.3 Å². The third-order valence-electron chi connectivity index (χ3n) is 5.01. The van der Waals surface area contributed by atoms with Crippen LogP contribution in [0, 0.1) is 10.1 Å². The van der Waals surface area contributed by atoms with Gasteiger partial charge in [0.25, 0.3) is 5.69 Å². The van der Waals surface area contributed by atoms with Gasteiger partial charge in [0.1, 0.15) is 35.2 Å². The quantitative estimate of drug-likeness (QED) is 0.198. The third-order valence-corrected chi connectivity index (χ3v) is 6.06. The summed E-state index contributed by atoms with van der Waals surface area (Å²) in [5.41, 5.74) is 1.82. The molecule has 3 N–H and O–H groups in total. The zero-order valence-electron chi connectivity index (χ0n) is 16.9. The van der Waals surface area contributed by atoms with Gasteiger partial charge in [0.15, 0.2) is 11.9 Å². The Bertz CT molecular complexity index is 1140. The number of rotatable bonds is 7. The second-order valence-electron chi connectivity index (χ2n) is 7.20. The number of hydrogen-bond donors (Lipinski definition) is 3. The molecule has 1 saturated heterocycles. The number of aliphatic hydroxyl groups is 2. The van der Waals surface area contributed by atoms with Crippen molar-refractivity contribution in [2.75, 3.05) is 6.54 Å². The molecular weight excluding hydrogens is 440 g/mol. The van der Waals surface area contributed by atoms with Crippen LogP contribution in [0.5, 0.6) is 0 Å². The Morgan fingerprint density at radius 1 is 1.25 bits per heavy atom. The van der Waals surface area contributed by atoms with Crippen molar-refractivity contribution in [3.63, 3.8) is 0 Å². The summed E-state index contributed by atoms with van der Waals surface area (Å²) in [7, 11) is 0. The van der Waals surface area contributed by atoms with Gasteiger partial charge in [0, 0.05) is 31.4 Å². The van der Waals surface area contributed by atoms with Gasteiger partial charge in [-0.25, -0.2) is 15.0 Å². The van der Waals surface area contributed by atoms with Gasteiger partial charge in [0.05, 0.1) is 11.3 Å². The van der Waals surface area contributed by atoms with E-state index in [1.54, 1.807) is 12.1 Å². The van der Waals surface area contributed by atoms with Crippen molar-refractivity contribution in [1.82, 2.24) is 24.8 Å². The van der Waals surface area contributed by atoms with Crippen molar-refractivity contribution < 1.29 is 24.7 Å². The molecule has 0 bridgehead atoms. The van der Waals surface area contributed by atoms with Crippen LogP contribution in [0.15, 0.2) is 41.9 Å². The first kappa shape index (κ1) is 22.1. The maximum absolute atomic E-state index is 11.1. The van der Waals surface area contributed by atoms with Gasteiger partial charge < -0.3 is 20.3 Å². The zero-order chi connectivity index (χ0) is 22.8. The molecule has 0 spiro atoms. The lowest BCUT2D eigenvalue weighted by Gasteiger charge is -2.16. The lowest BCUT2D eigenvalue weighted by Crippen LogP contribution is -2.39. The molecule has 32 heavy (non-hydrogen) atoms. The highest BCUT2D eigenvalue weighted by atomic mass is 32.2. The minimum atomic E-state index is -1.24. The Hall–Kier alpha value is -3.13. The fourth-order valence-corrected chi connectivity index (χ4v) is 4.26. The Labute approximate surface area is 185 Å². The second kappa shape index (κ2) is 9.16. The first-order valence-electron chi connectivity index (χ1n) is 9.65. The number of hydrogen-bond acceptors (Lipinski definition) is 10. The molecule has 1 fully saturated rings. The van der Waals surface area contributed by atoms with Crippen molar-refractivity contribution in [3.8, 4) is 0 Å². The molecule has 4 atom stereocenters. The highest BCUT2D eigenvalue weighted by Gasteiger charge is 2.44. The Kier molecular flexibility index (Phi) is 6.32. The van der Waals surface area contributed by atoms with E-state index in [0.29, 0.717) is 21.9 Å². The van der Waals surface area contributed by atoms with Crippen LogP contribution in [0.3, 0.4) is 0 Å². The minimum absolute atomic E-state index is 0.0241. The van der Waals surface area contributed by atoms with E-state index in [4.69, 9.17) is 4.74 Å². The largest absolute Gasteiger partial charge is 0.387 e. The van der Waals surface area contributed by atoms with E-state index in [-0.39, 0.29) is 18.1 Å². The summed E-state index contributed by atoms with van der Waals surface area (Å²) in [6.45, 7) is 1.41. The van der Waals surface area contributed by atoms with Crippen molar-refractivity contribution in [2.24, 2.45) is 0 Å². The van der Waals surface area contributed by atoms with Gasteiger partial charge >= 0.3 is 0 Å². The Morgan fingerprint density at radius 2 is 2.00 bits per heavy atom. The molecule has 13 heteroatoms. The van der Waals surface area contributed by atoms with Crippen molar-refractivity contribution in [3.05, 3.63) is 52.6 Å². The Morgan fingerprint density at radius 3 is 2.69 bits per heavy atom. The summed E-state index contributed by atoms with van der Waals surface area (Å²) in [6, 6.07) is 6.26. The molecule has 168 valence electrons. The molecule has 3 aromatic rings. The molecule has 4 rings (SSSR count). The van der Waals surface area contributed by atoms with Crippen molar-refractivity contribution in [1.29, 1.82) is 0 Å². The highest BCUT2D eigenvalue weighted by molar-refractivity contribution is 7.98. The molecule has 0 unspecified atom stereocenters. The zero-order valence-corrected chi connectivity index (χ0v) is 17.7. The molecule has 3 heterocycles. The maximum atomic E-state index is 11.1.